The van der Waals surface area contributed by atoms with Crippen LogP contribution in [0.4, 0.5) is 6.01 Å². The molecule has 2 aromatic heterocycles. The van der Waals surface area contributed by atoms with Crippen LogP contribution in [-0.2, 0) is 10.0 Å². The number of nitrogens with zero attached hydrogens (tertiary/aromatic N) is 4. The molecule has 9 nitrogen and oxygen atoms in total. The predicted molar refractivity (Wildman–Crippen MR) is 109 cm³/mol. The van der Waals surface area contributed by atoms with Gasteiger partial charge in [0, 0.05) is 31.0 Å². The van der Waals surface area contributed by atoms with Gasteiger partial charge >= 0.3 is 6.01 Å². The molecule has 0 spiro atoms. The summed E-state index contributed by atoms with van der Waals surface area (Å²) in [4.78, 5) is 16.6. The van der Waals surface area contributed by atoms with Crippen molar-refractivity contribution in [2.24, 2.45) is 5.92 Å². The molecule has 0 bridgehead atoms. The van der Waals surface area contributed by atoms with Gasteiger partial charge in [-0.2, -0.15) is 4.31 Å². The van der Waals surface area contributed by atoms with Crippen molar-refractivity contribution in [3.63, 3.8) is 0 Å². The highest BCUT2D eigenvalue weighted by atomic mass is 32.2. The minimum absolute atomic E-state index is 0.0574. The average Bonchev–Trinajstić information content (AvgIpc) is 3.23. The number of carbonyl (C=O) groups is 1. The van der Waals surface area contributed by atoms with E-state index in [1.54, 1.807) is 24.5 Å². The Labute approximate surface area is 174 Å². The monoisotopic (exact) mass is 427 g/mol. The van der Waals surface area contributed by atoms with E-state index in [1.165, 1.54) is 28.6 Å². The molecule has 156 valence electrons. The Morgan fingerprint density at radius 3 is 2.53 bits per heavy atom. The van der Waals surface area contributed by atoms with Gasteiger partial charge in [-0.15, -0.1) is 5.10 Å². The number of rotatable bonds is 5. The zero-order valence-corrected chi connectivity index (χ0v) is 17.2. The van der Waals surface area contributed by atoms with Gasteiger partial charge in [0.05, 0.1) is 10.5 Å². The fourth-order valence-corrected chi connectivity index (χ4v) is 4.67. The van der Waals surface area contributed by atoms with E-state index in [0.717, 1.165) is 12.8 Å². The van der Waals surface area contributed by atoms with Crippen LogP contribution in [0, 0.1) is 5.92 Å². The molecule has 3 heterocycles. The molecule has 0 unspecified atom stereocenters. The molecule has 0 atom stereocenters. The molecule has 10 heteroatoms. The van der Waals surface area contributed by atoms with Crippen molar-refractivity contribution in [1.82, 2.24) is 19.5 Å². The molecule has 1 saturated heterocycles. The molecule has 1 aromatic carbocycles. The van der Waals surface area contributed by atoms with E-state index in [9.17, 15) is 13.2 Å². The van der Waals surface area contributed by atoms with Gasteiger partial charge in [-0.05, 0) is 55.2 Å². The number of carbonyl (C=O) groups excluding carboxylic acids is 1. The number of benzene rings is 1. The first-order valence-electron chi connectivity index (χ1n) is 9.59. The van der Waals surface area contributed by atoms with Crippen molar-refractivity contribution in [1.29, 1.82) is 0 Å². The number of anilines is 1. The summed E-state index contributed by atoms with van der Waals surface area (Å²) in [6.45, 7) is 3.16. The van der Waals surface area contributed by atoms with Crippen molar-refractivity contribution >= 4 is 21.9 Å². The van der Waals surface area contributed by atoms with Crippen LogP contribution >= 0.6 is 0 Å². The number of piperidine rings is 1. The molecule has 0 aliphatic carbocycles. The number of hydrogen-bond acceptors (Lipinski definition) is 7. The third-order valence-electron chi connectivity index (χ3n) is 5.05. The molecule has 0 saturated carbocycles. The second-order valence-electron chi connectivity index (χ2n) is 7.22. The first-order valence-corrected chi connectivity index (χ1v) is 11.0. The molecule has 1 amide bonds. The normalized spacial score (nSPS) is 15.8. The second-order valence-corrected chi connectivity index (χ2v) is 9.16. The zero-order chi connectivity index (χ0) is 21.1. The Balaban J connectivity index is 1.44. The highest BCUT2D eigenvalue weighted by molar-refractivity contribution is 7.89. The predicted octanol–water partition coefficient (Wildman–Crippen LogP) is 2.80. The van der Waals surface area contributed by atoms with Crippen molar-refractivity contribution in [3.05, 3.63) is 54.4 Å². The van der Waals surface area contributed by atoms with Crippen LogP contribution in [0.5, 0.6) is 0 Å². The topological polar surface area (TPSA) is 118 Å². The zero-order valence-electron chi connectivity index (χ0n) is 16.4. The van der Waals surface area contributed by atoms with Gasteiger partial charge < -0.3 is 4.42 Å². The number of hydrogen-bond donors (Lipinski definition) is 1. The Morgan fingerprint density at radius 2 is 1.87 bits per heavy atom. The van der Waals surface area contributed by atoms with Crippen molar-refractivity contribution < 1.29 is 17.6 Å². The second kappa shape index (κ2) is 8.33. The number of sulfonamides is 1. The molecule has 1 fully saturated rings. The number of pyridine rings is 1. The van der Waals surface area contributed by atoms with E-state index in [0.29, 0.717) is 24.6 Å². The Hall–Kier alpha value is -3.11. The van der Waals surface area contributed by atoms with Crippen molar-refractivity contribution in [3.8, 4) is 11.5 Å². The molecule has 3 aromatic rings. The lowest BCUT2D eigenvalue weighted by Gasteiger charge is -2.29. The van der Waals surface area contributed by atoms with E-state index in [2.05, 4.69) is 27.4 Å². The molecule has 4 rings (SSSR count). The fraction of sp³-hybridized carbons (Fsp3) is 0.300. The maximum atomic E-state index is 12.8. The Morgan fingerprint density at radius 1 is 1.13 bits per heavy atom. The molecule has 30 heavy (non-hydrogen) atoms. The lowest BCUT2D eigenvalue weighted by atomic mass is 10.0. The lowest BCUT2D eigenvalue weighted by Crippen LogP contribution is -2.37. The smallest absolute Gasteiger partial charge is 0.322 e. The summed E-state index contributed by atoms with van der Waals surface area (Å²) in [5, 5.41) is 10.2. The minimum atomic E-state index is -3.56. The molecular formula is C20H21N5O4S. The van der Waals surface area contributed by atoms with Gasteiger partial charge in [0.2, 0.25) is 10.0 Å². The van der Waals surface area contributed by atoms with E-state index >= 15 is 0 Å². The van der Waals surface area contributed by atoms with Crippen molar-refractivity contribution in [2.45, 2.75) is 24.7 Å². The van der Waals surface area contributed by atoms with E-state index in [4.69, 9.17) is 4.42 Å². The summed E-state index contributed by atoms with van der Waals surface area (Å²) in [6.07, 6.45) is 4.90. The number of amides is 1. The van der Waals surface area contributed by atoms with Gasteiger partial charge in [-0.3, -0.25) is 15.1 Å². The third-order valence-corrected chi connectivity index (χ3v) is 6.96. The minimum Gasteiger partial charge on any atom is -0.403 e. The molecule has 0 radical (unpaired) electrons. The SMILES string of the molecule is CC1CCN(S(=O)(=O)c2ccc(C(=O)Nc3nnc(-c4cccnc4)o3)cc2)CC1. The van der Waals surface area contributed by atoms with Crippen LogP contribution in [0.2, 0.25) is 0 Å². The van der Waals surface area contributed by atoms with Gasteiger partial charge in [-0.1, -0.05) is 12.0 Å². The first kappa shape index (κ1) is 20.2. The van der Waals surface area contributed by atoms with Crippen LogP contribution in [0.25, 0.3) is 11.5 Å². The van der Waals surface area contributed by atoms with Gasteiger partial charge in [0.25, 0.3) is 11.8 Å². The summed E-state index contributed by atoms with van der Waals surface area (Å²) in [6, 6.07) is 9.25. The van der Waals surface area contributed by atoms with Gasteiger partial charge in [0.1, 0.15) is 0 Å². The Kier molecular flexibility index (Phi) is 5.60. The van der Waals surface area contributed by atoms with E-state index < -0.39 is 15.9 Å². The summed E-state index contributed by atoms with van der Waals surface area (Å²) < 4.78 is 32.5. The van der Waals surface area contributed by atoms with Crippen molar-refractivity contribution in [2.75, 3.05) is 18.4 Å². The highest BCUT2D eigenvalue weighted by Crippen LogP contribution is 2.24. The maximum absolute atomic E-state index is 12.8. The molecule has 1 aliphatic heterocycles. The average molecular weight is 427 g/mol. The maximum Gasteiger partial charge on any atom is 0.322 e. The largest absolute Gasteiger partial charge is 0.403 e. The lowest BCUT2D eigenvalue weighted by molar-refractivity contribution is 0.102. The van der Waals surface area contributed by atoms with Crippen LogP contribution in [0.15, 0.2) is 58.1 Å². The first-order chi connectivity index (χ1) is 14.4. The fourth-order valence-electron chi connectivity index (χ4n) is 3.20. The van der Waals surface area contributed by atoms with Gasteiger partial charge in [-0.25, -0.2) is 8.42 Å². The number of nitrogens with one attached hydrogen (secondary N) is 1. The molecule has 1 N–H and O–H groups in total. The summed E-state index contributed by atoms with van der Waals surface area (Å²) in [5.74, 6) is 0.286. The summed E-state index contributed by atoms with van der Waals surface area (Å²) in [5.41, 5.74) is 0.912. The molecule has 1 aliphatic rings. The third kappa shape index (κ3) is 4.24. The van der Waals surface area contributed by atoms with E-state index in [-0.39, 0.29) is 22.4 Å². The quantitative estimate of drug-likeness (QED) is 0.665. The van der Waals surface area contributed by atoms with Crippen LogP contribution in [0.1, 0.15) is 30.1 Å². The Bertz CT molecular complexity index is 1120. The summed E-state index contributed by atoms with van der Waals surface area (Å²) >= 11 is 0. The van der Waals surface area contributed by atoms with Gasteiger partial charge in [0.15, 0.2) is 0 Å². The number of aromatic nitrogens is 3. The van der Waals surface area contributed by atoms with Crippen LogP contribution < -0.4 is 5.32 Å². The van der Waals surface area contributed by atoms with E-state index in [1.807, 2.05) is 0 Å². The van der Waals surface area contributed by atoms with Crippen LogP contribution in [-0.4, -0.2) is 46.9 Å². The standard InChI is InChI=1S/C20H21N5O4S/c1-14-8-11-25(12-9-14)30(27,28)17-6-4-15(5-7-17)18(26)22-20-24-23-19(29-20)16-3-2-10-21-13-16/h2-7,10,13-14H,8-9,11-12H2,1H3,(H,22,24,26). The van der Waals surface area contributed by atoms with Crippen LogP contribution in [0.3, 0.4) is 0 Å². The highest BCUT2D eigenvalue weighted by Gasteiger charge is 2.28. The summed E-state index contributed by atoms with van der Waals surface area (Å²) in [7, 11) is -3.56. The molecular weight excluding hydrogens is 406 g/mol.